The molecular formula is C12H21N3O3. The number of aromatic nitrogens is 2. The van der Waals surface area contributed by atoms with Crippen LogP contribution < -0.4 is 5.73 Å². The summed E-state index contributed by atoms with van der Waals surface area (Å²) in [6.45, 7) is 5.88. The molecule has 1 atom stereocenters. The molecule has 102 valence electrons. The second-order valence-corrected chi connectivity index (χ2v) is 4.51. The first-order valence-corrected chi connectivity index (χ1v) is 6.53. The lowest BCUT2D eigenvalue weighted by Crippen LogP contribution is -2.37. The quantitative estimate of drug-likeness (QED) is 0.858. The Morgan fingerprint density at radius 1 is 1.39 bits per heavy atom. The number of rotatable bonds is 5. The number of hydrogen-bond acceptors (Lipinski definition) is 6. The minimum Gasteiger partial charge on any atom is -0.381 e. The van der Waals surface area contributed by atoms with Crippen LogP contribution in [-0.4, -0.2) is 30.0 Å². The molecule has 1 fully saturated rings. The highest BCUT2D eigenvalue weighted by molar-refractivity contribution is 5.04. The van der Waals surface area contributed by atoms with Crippen molar-refractivity contribution >= 4 is 0 Å². The first-order chi connectivity index (χ1) is 8.72. The first-order valence-electron chi connectivity index (χ1n) is 6.53. The third kappa shape index (κ3) is 2.55. The molecule has 0 spiro atoms. The van der Waals surface area contributed by atoms with Crippen LogP contribution in [0.15, 0.2) is 4.52 Å². The highest BCUT2D eigenvalue weighted by atomic mass is 16.5. The maximum atomic E-state index is 5.89. The molecule has 0 amide bonds. The second-order valence-electron chi connectivity index (χ2n) is 4.51. The topological polar surface area (TPSA) is 83.4 Å². The molecule has 2 heterocycles. The number of hydrogen-bond donors (Lipinski definition) is 1. The van der Waals surface area contributed by atoms with Crippen LogP contribution in [0, 0.1) is 0 Å². The molecule has 1 aliphatic rings. The van der Waals surface area contributed by atoms with Crippen molar-refractivity contribution in [3.63, 3.8) is 0 Å². The van der Waals surface area contributed by atoms with Crippen molar-refractivity contribution in [3.05, 3.63) is 11.7 Å². The number of ether oxygens (including phenoxy) is 2. The summed E-state index contributed by atoms with van der Waals surface area (Å²) in [6, 6.07) is -0.204. The van der Waals surface area contributed by atoms with Gasteiger partial charge in [-0.1, -0.05) is 12.1 Å². The highest BCUT2D eigenvalue weighted by Gasteiger charge is 2.40. The van der Waals surface area contributed by atoms with Gasteiger partial charge < -0.3 is 19.7 Å². The van der Waals surface area contributed by atoms with Gasteiger partial charge in [-0.15, -0.1) is 0 Å². The summed E-state index contributed by atoms with van der Waals surface area (Å²) in [5.74, 6) is 1.09. The van der Waals surface area contributed by atoms with Crippen molar-refractivity contribution in [2.75, 3.05) is 19.8 Å². The average Bonchev–Trinajstić information content (AvgIpc) is 2.89. The molecule has 1 aliphatic heterocycles. The van der Waals surface area contributed by atoms with Gasteiger partial charge in [-0.3, -0.25) is 0 Å². The van der Waals surface area contributed by atoms with Gasteiger partial charge in [0.05, 0.1) is 6.04 Å². The predicted octanol–water partition coefficient (Wildman–Crippen LogP) is 1.52. The van der Waals surface area contributed by atoms with Gasteiger partial charge in [0.15, 0.2) is 0 Å². The van der Waals surface area contributed by atoms with Crippen molar-refractivity contribution < 1.29 is 14.0 Å². The molecule has 0 radical (unpaired) electrons. The Morgan fingerprint density at radius 3 is 2.72 bits per heavy atom. The van der Waals surface area contributed by atoms with Crippen molar-refractivity contribution in [1.82, 2.24) is 10.1 Å². The predicted molar refractivity (Wildman–Crippen MR) is 64.9 cm³/mol. The molecule has 6 nitrogen and oxygen atoms in total. The van der Waals surface area contributed by atoms with Gasteiger partial charge in [-0.25, -0.2) is 0 Å². The molecule has 0 unspecified atom stereocenters. The zero-order chi connectivity index (χ0) is 13.0. The Bertz CT molecular complexity index is 369. The van der Waals surface area contributed by atoms with Crippen LogP contribution in [0.2, 0.25) is 0 Å². The van der Waals surface area contributed by atoms with Gasteiger partial charge in [0, 0.05) is 32.7 Å². The maximum absolute atomic E-state index is 5.89. The van der Waals surface area contributed by atoms with Crippen molar-refractivity contribution in [3.8, 4) is 0 Å². The van der Waals surface area contributed by atoms with Crippen LogP contribution in [0.5, 0.6) is 0 Å². The van der Waals surface area contributed by atoms with Gasteiger partial charge >= 0.3 is 0 Å². The zero-order valence-electron chi connectivity index (χ0n) is 11.0. The minimum absolute atomic E-state index is 0.204. The Balaban J connectivity index is 2.22. The Morgan fingerprint density at radius 2 is 2.11 bits per heavy atom. The van der Waals surface area contributed by atoms with E-state index in [0.29, 0.717) is 31.5 Å². The average molecular weight is 255 g/mol. The third-order valence-corrected chi connectivity index (χ3v) is 3.33. The molecule has 6 heteroatoms. The molecule has 1 aromatic rings. The lowest BCUT2D eigenvalue weighted by Gasteiger charge is -2.33. The van der Waals surface area contributed by atoms with E-state index in [-0.39, 0.29) is 6.04 Å². The van der Waals surface area contributed by atoms with Crippen LogP contribution >= 0.6 is 0 Å². The van der Waals surface area contributed by atoms with Gasteiger partial charge in [0.25, 0.3) is 0 Å². The normalized spacial score (nSPS) is 20.8. The van der Waals surface area contributed by atoms with E-state index in [9.17, 15) is 0 Å². The van der Waals surface area contributed by atoms with E-state index in [1.54, 1.807) is 0 Å². The Hall–Kier alpha value is -0.980. The summed E-state index contributed by atoms with van der Waals surface area (Å²) in [5.41, 5.74) is 5.42. The van der Waals surface area contributed by atoms with Crippen molar-refractivity contribution in [2.45, 2.75) is 44.8 Å². The molecule has 18 heavy (non-hydrogen) atoms. The first kappa shape index (κ1) is 13.5. The van der Waals surface area contributed by atoms with Crippen LogP contribution in [0.4, 0.5) is 0 Å². The lowest BCUT2D eigenvalue weighted by atomic mass is 9.93. The molecule has 0 aliphatic carbocycles. The summed E-state index contributed by atoms with van der Waals surface area (Å²) < 4.78 is 16.5. The smallest absolute Gasteiger partial charge is 0.243 e. The Kier molecular flexibility index (Phi) is 4.31. The van der Waals surface area contributed by atoms with E-state index in [4.69, 9.17) is 19.7 Å². The van der Waals surface area contributed by atoms with Crippen LogP contribution in [0.3, 0.4) is 0 Å². The third-order valence-electron chi connectivity index (χ3n) is 3.33. The lowest BCUT2D eigenvalue weighted by molar-refractivity contribution is -0.118. The molecule has 1 saturated heterocycles. The standard InChI is InChI=1S/C12H21N3O3/c1-3-9(13)10-14-11(15-18-10)12(17-4-2)5-7-16-8-6-12/h9H,3-8,13H2,1-2H3/t9-/m0/s1. The molecule has 0 saturated carbocycles. The molecule has 2 rings (SSSR count). The summed E-state index contributed by atoms with van der Waals surface area (Å²) in [7, 11) is 0. The van der Waals surface area contributed by atoms with E-state index in [1.165, 1.54) is 0 Å². The second kappa shape index (κ2) is 5.77. The van der Waals surface area contributed by atoms with Crippen LogP contribution in [-0.2, 0) is 15.1 Å². The summed E-state index contributed by atoms with van der Waals surface area (Å²) in [6.07, 6.45) is 2.27. The van der Waals surface area contributed by atoms with E-state index in [2.05, 4.69) is 10.1 Å². The molecule has 0 bridgehead atoms. The minimum atomic E-state index is -0.470. The molecule has 1 aromatic heterocycles. The summed E-state index contributed by atoms with van der Waals surface area (Å²) >= 11 is 0. The SMILES string of the molecule is CCOC1(c2noc([C@@H](N)CC)n2)CCOCC1. The number of nitrogens with two attached hydrogens (primary N) is 1. The molecule has 0 aromatic carbocycles. The van der Waals surface area contributed by atoms with E-state index < -0.39 is 5.60 Å². The van der Waals surface area contributed by atoms with Crippen molar-refractivity contribution in [1.29, 1.82) is 0 Å². The molecular weight excluding hydrogens is 234 g/mol. The fourth-order valence-electron chi connectivity index (χ4n) is 2.16. The van der Waals surface area contributed by atoms with E-state index >= 15 is 0 Å². The fraction of sp³-hybridized carbons (Fsp3) is 0.833. The van der Waals surface area contributed by atoms with Crippen molar-refractivity contribution in [2.24, 2.45) is 5.73 Å². The van der Waals surface area contributed by atoms with Crippen LogP contribution in [0.1, 0.15) is 50.9 Å². The van der Waals surface area contributed by atoms with E-state index in [1.807, 2.05) is 13.8 Å². The van der Waals surface area contributed by atoms with Crippen LogP contribution in [0.25, 0.3) is 0 Å². The van der Waals surface area contributed by atoms with Gasteiger partial charge in [0.1, 0.15) is 5.60 Å². The monoisotopic (exact) mass is 255 g/mol. The molecule has 2 N–H and O–H groups in total. The van der Waals surface area contributed by atoms with Gasteiger partial charge in [-0.05, 0) is 13.3 Å². The van der Waals surface area contributed by atoms with Gasteiger partial charge in [0.2, 0.25) is 11.7 Å². The fourth-order valence-corrected chi connectivity index (χ4v) is 2.16. The Labute approximate surface area is 107 Å². The largest absolute Gasteiger partial charge is 0.381 e. The maximum Gasteiger partial charge on any atom is 0.243 e. The summed E-state index contributed by atoms with van der Waals surface area (Å²) in [5, 5.41) is 4.05. The number of nitrogens with zero attached hydrogens (tertiary/aromatic N) is 2. The highest BCUT2D eigenvalue weighted by Crippen LogP contribution is 2.34. The summed E-state index contributed by atoms with van der Waals surface area (Å²) in [4.78, 5) is 4.41. The zero-order valence-corrected chi connectivity index (χ0v) is 11.0. The van der Waals surface area contributed by atoms with E-state index in [0.717, 1.165) is 19.3 Å². The van der Waals surface area contributed by atoms with Gasteiger partial charge in [-0.2, -0.15) is 4.98 Å².